The van der Waals surface area contributed by atoms with Crippen LogP contribution >= 0.6 is 0 Å². The van der Waals surface area contributed by atoms with Crippen LogP contribution in [0.2, 0.25) is 0 Å². The van der Waals surface area contributed by atoms with E-state index >= 15 is 0 Å². The smallest absolute Gasteiger partial charge is 0.233 e. The minimum atomic E-state index is -0.725. The lowest BCUT2D eigenvalue weighted by atomic mass is 9.63. The van der Waals surface area contributed by atoms with Gasteiger partial charge in [0.15, 0.2) is 11.5 Å². The van der Waals surface area contributed by atoms with E-state index in [1.165, 1.54) is 0 Å². The highest BCUT2D eigenvalue weighted by Crippen LogP contribution is 2.70. The van der Waals surface area contributed by atoms with Crippen LogP contribution in [0.15, 0.2) is 36.7 Å². The van der Waals surface area contributed by atoms with Crippen molar-refractivity contribution in [3.8, 4) is 11.5 Å². The van der Waals surface area contributed by atoms with Crippen molar-refractivity contribution >= 4 is 16.9 Å². The predicted octanol–water partition coefficient (Wildman–Crippen LogP) is 3.40. The molecule has 1 aliphatic heterocycles. The second-order valence-electron chi connectivity index (χ2n) is 9.52. The van der Waals surface area contributed by atoms with Gasteiger partial charge in [-0.25, -0.2) is 9.97 Å². The minimum Gasteiger partial charge on any atom is -0.454 e. The van der Waals surface area contributed by atoms with E-state index in [0.29, 0.717) is 18.0 Å². The monoisotopic (exact) mass is 416 g/mol. The Morgan fingerprint density at radius 3 is 2.45 bits per heavy atom. The zero-order valence-corrected chi connectivity index (χ0v) is 17.9. The summed E-state index contributed by atoms with van der Waals surface area (Å²) in [5, 5.41) is 3.17. The van der Waals surface area contributed by atoms with Crippen LogP contribution in [0, 0.1) is 5.41 Å². The fourth-order valence-corrected chi connectivity index (χ4v) is 5.83. The van der Waals surface area contributed by atoms with Gasteiger partial charge >= 0.3 is 0 Å². The third kappa shape index (κ3) is 2.18. The topological polar surface area (TPSA) is 86.2 Å². The average molecular weight is 416 g/mol. The van der Waals surface area contributed by atoms with E-state index in [2.05, 4.69) is 31.1 Å². The summed E-state index contributed by atoms with van der Waals surface area (Å²) in [4.78, 5) is 28.0. The number of ether oxygens (including phenoxy) is 2. The van der Waals surface area contributed by atoms with Crippen LogP contribution in [0.4, 0.5) is 0 Å². The first-order chi connectivity index (χ1) is 14.9. The molecule has 3 heterocycles. The van der Waals surface area contributed by atoms with Gasteiger partial charge in [0.05, 0.1) is 27.8 Å². The van der Waals surface area contributed by atoms with Gasteiger partial charge in [0.25, 0.3) is 0 Å². The van der Waals surface area contributed by atoms with Crippen LogP contribution in [0.25, 0.3) is 11.0 Å². The van der Waals surface area contributed by atoms with E-state index in [1.807, 2.05) is 24.3 Å². The molecule has 3 aromatic rings. The molecule has 2 unspecified atom stereocenters. The van der Waals surface area contributed by atoms with Gasteiger partial charge in [-0.2, -0.15) is 0 Å². The second-order valence-corrected chi connectivity index (χ2v) is 9.52. The summed E-state index contributed by atoms with van der Waals surface area (Å²) >= 11 is 0. The van der Waals surface area contributed by atoms with Crippen molar-refractivity contribution in [2.24, 2.45) is 5.41 Å². The first-order valence-corrected chi connectivity index (χ1v) is 10.7. The quantitative estimate of drug-likeness (QED) is 0.704. The van der Waals surface area contributed by atoms with E-state index < -0.39 is 5.41 Å². The van der Waals surface area contributed by atoms with Gasteiger partial charge in [-0.05, 0) is 29.9 Å². The highest BCUT2D eigenvalue weighted by molar-refractivity contribution is 5.93. The summed E-state index contributed by atoms with van der Waals surface area (Å²) in [6.07, 6.45) is 5.17. The Hall–Kier alpha value is -3.22. The third-order valence-corrected chi connectivity index (χ3v) is 8.10. The van der Waals surface area contributed by atoms with Crippen molar-refractivity contribution in [1.82, 2.24) is 20.3 Å². The number of hydrogen-bond acceptors (Lipinski definition) is 6. The standard InChI is InChI=1S/C24H24N4O3/c1-22(2)23(3)6-7-24(22,21(29)26-12-14-5-4-8-25-11-14)20-19(23)27-15-9-17-18(31-13-30-17)10-16(15)28-20/h4-5,8-11H,6-7,12-13H2,1-3H3,(H,26,29). The minimum absolute atomic E-state index is 0.0122. The molecule has 7 heteroatoms. The number of carbonyl (C=O) groups is 1. The lowest BCUT2D eigenvalue weighted by Gasteiger charge is -2.39. The molecule has 1 saturated carbocycles. The van der Waals surface area contributed by atoms with Crippen LogP contribution in [0.5, 0.6) is 11.5 Å². The summed E-state index contributed by atoms with van der Waals surface area (Å²) < 4.78 is 11.1. The van der Waals surface area contributed by atoms with E-state index in [1.54, 1.807) is 12.4 Å². The number of fused-ring (bicyclic) bond motifs is 7. The molecule has 158 valence electrons. The molecular weight excluding hydrogens is 392 g/mol. The normalized spacial score (nSPS) is 26.8. The maximum atomic E-state index is 13.8. The summed E-state index contributed by atoms with van der Waals surface area (Å²) in [5.74, 6) is 1.38. The first kappa shape index (κ1) is 18.5. The van der Waals surface area contributed by atoms with Crippen LogP contribution in [0.3, 0.4) is 0 Å². The lowest BCUT2D eigenvalue weighted by molar-refractivity contribution is -0.130. The van der Waals surface area contributed by atoms with Crippen LogP contribution < -0.4 is 14.8 Å². The maximum Gasteiger partial charge on any atom is 0.233 e. The van der Waals surface area contributed by atoms with Crippen molar-refractivity contribution in [2.75, 3.05) is 6.79 Å². The van der Waals surface area contributed by atoms with E-state index in [-0.39, 0.29) is 23.5 Å². The van der Waals surface area contributed by atoms with Crippen LogP contribution in [-0.2, 0) is 22.2 Å². The molecule has 31 heavy (non-hydrogen) atoms. The molecule has 6 rings (SSSR count). The van der Waals surface area contributed by atoms with E-state index in [9.17, 15) is 4.79 Å². The van der Waals surface area contributed by atoms with Crippen molar-refractivity contribution in [2.45, 2.75) is 51.0 Å². The van der Waals surface area contributed by atoms with Gasteiger partial charge in [-0.1, -0.05) is 26.8 Å². The van der Waals surface area contributed by atoms with Crippen molar-refractivity contribution in [3.63, 3.8) is 0 Å². The van der Waals surface area contributed by atoms with Crippen molar-refractivity contribution < 1.29 is 14.3 Å². The maximum absolute atomic E-state index is 13.8. The Kier molecular flexibility index (Phi) is 3.55. The van der Waals surface area contributed by atoms with Gasteiger partial charge in [0, 0.05) is 36.5 Å². The average Bonchev–Trinajstić information content (AvgIpc) is 3.34. The number of pyridine rings is 1. The van der Waals surface area contributed by atoms with Gasteiger partial charge in [-0.15, -0.1) is 0 Å². The molecule has 0 saturated heterocycles. The van der Waals surface area contributed by atoms with Gasteiger partial charge < -0.3 is 14.8 Å². The number of hydrogen-bond donors (Lipinski definition) is 1. The molecule has 2 atom stereocenters. The molecular formula is C24H24N4O3. The number of rotatable bonds is 3. The summed E-state index contributed by atoms with van der Waals surface area (Å²) in [6.45, 7) is 7.24. The Morgan fingerprint density at radius 1 is 1.06 bits per heavy atom. The second kappa shape index (κ2) is 5.93. The Balaban J connectivity index is 1.48. The van der Waals surface area contributed by atoms with Crippen molar-refractivity contribution in [1.29, 1.82) is 0 Å². The molecule has 1 N–H and O–H groups in total. The summed E-state index contributed by atoms with van der Waals surface area (Å²) in [6, 6.07) is 7.60. The molecule has 1 amide bonds. The molecule has 2 bridgehead atoms. The van der Waals surface area contributed by atoms with Gasteiger partial charge in [-0.3, -0.25) is 9.78 Å². The fraction of sp³-hybridized carbons (Fsp3) is 0.417. The molecule has 2 aliphatic carbocycles. The molecule has 3 aliphatic rings. The molecule has 0 radical (unpaired) electrons. The first-order valence-electron chi connectivity index (χ1n) is 10.7. The van der Waals surface area contributed by atoms with Crippen LogP contribution in [-0.4, -0.2) is 27.7 Å². The summed E-state index contributed by atoms with van der Waals surface area (Å²) in [5.41, 5.74) is 2.94. The Morgan fingerprint density at radius 2 is 1.77 bits per heavy atom. The van der Waals surface area contributed by atoms with Crippen molar-refractivity contribution in [3.05, 3.63) is 53.6 Å². The number of aromatic nitrogens is 3. The molecule has 2 aromatic heterocycles. The molecule has 7 nitrogen and oxygen atoms in total. The van der Waals surface area contributed by atoms with E-state index in [0.717, 1.165) is 40.8 Å². The van der Waals surface area contributed by atoms with Crippen LogP contribution in [0.1, 0.15) is 50.6 Å². The van der Waals surface area contributed by atoms with Gasteiger partial charge in [0.1, 0.15) is 0 Å². The zero-order valence-electron chi connectivity index (χ0n) is 17.9. The number of nitrogens with zero attached hydrogens (tertiary/aromatic N) is 3. The molecule has 1 aromatic carbocycles. The molecule has 1 fully saturated rings. The molecule has 0 spiro atoms. The Labute approximate surface area is 180 Å². The highest BCUT2D eigenvalue weighted by Gasteiger charge is 2.73. The number of carbonyl (C=O) groups excluding carboxylic acids is 1. The predicted molar refractivity (Wildman–Crippen MR) is 114 cm³/mol. The van der Waals surface area contributed by atoms with Gasteiger partial charge in [0.2, 0.25) is 12.7 Å². The SMILES string of the molecule is CC12CCC(C(=O)NCc3cccnc3)(c3nc4cc5c(cc4nc31)OCO5)C2(C)C. The third-order valence-electron chi connectivity index (χ3n) is 8.10. The largest absolute Gasteiger partial charge is 0.454 e. The lowest BCUT2D eigenvalue weighted by Crippen LogP contribution is -2.51. The highest BCUT2D eigenvalue weighted by atomic mass is 16.7. The van der Waals surface area contributed by atoms with E-state index in [4.69, 9.17) is 19.4 Å². The zero-order chi connectivity index (χ0) is 21.4. The number of amides is 1. The fourth-order valence-electron chi connectivity index (χ4n) is 5.83. The number of benzene rings is 1. The Bertz CT molecular complexity index is 1240. The summed E-state index contributed by atoms with van der Waals surface area (Å²) in [7, 11) is 0. The number of nitrogens with one attached hydrogen (secondary N) is 1.